The predicted molar refractivity (Wildman–Crippen MR) is 131 cm³/mol. The number of thioether (sulfide) groups is 1. The molecule has 33 heavy (non-hydrogen) atoms. The molecule has 1 aliphatic rings. The number of aromatic nitrogens is 2. The number of carbonyl (C=O) groups excluding carboxylic acids is 1. The van der Waals surface area contributed by atoms with Crippen LogP contribution < -0.4 is 20.3 Å². The SMILES string of the molecule is COc1ccc(-n2c(SCC(=O)NC3CCCCC3C)nc3ccccc3c2=O)cc1OC. The van der Waals surface area contributed by atoms with Gasteiger partial charge in [0.15, 0.2) is 16.7 Å². The van der Waals surface area contributed by atoms with Crippen LogP contribution in [0.4, 0.5) is 0 Å². The van der Waals surface area contributed by atoms with Gasteiger partial charge in [-0.3, -0.25) is 14.2 Å². The number of benzene rings is 2. The number of amides is 1. The molecule has 0 saturated heterocycles. The minimum atomic E-state index is -0.198. The lowest BCUT2D eigenvalue weighted by molar-refractivity contribution is -0.119. The summed E-state index contributed by atoms with van der Waals surface area (Å²) in [6.07, 6.45) is 4.53. The number of fused-ring (bicyclic) bond motifs is 1. The molecular weight excluding hydrogens is 438 g/mol. The van der Waals surface area contributed by atoms with Crippen LogP contribution in [0, 0.1) is 5.92 Å². The number of nitrogens with zero attached hydrogens (tertiary/aromatic N) is 2. The van der Waals surface area contributed by atoms with Crippen LogP contribution in [0.3, 0.4) is 0 Å². The topological polar surface area (TPSA) is 82.5 Å². The van der Waals surface area contributed by atoms with E-state index in [1.807, 2.05) is 18.2 Å². The summed E-state index contributed by atoms with van der Waals surface area (Å²) in [7, 11) is 3.11. The Balaban J connectivity index is 1.67. The maximum atomic E-state index is 13.4. The van der Waals surface area contributed by atoms with Gasteiger partial charge in [-0.05, 0) is 43.0 Å². The highest BCUT2D eigenvalue weighted by molar-refractivity contribution is 7.99. The molecule has 174 valence electrons. The molecular formula is C25H29N3O4S. The van der Waals surface area contributed by atoms with E-state index in [4.69, 9.17) is 14.5 Å². The third-order valence-electron chi connectivity index (χ3n) is 6.16. The second-order valence-corrected chi connectivity index (χ2v) is 9.26. The van der Waals surface area contributed by atoms with Crippen LogP contribution in [-0.4, -0.2) is 41.5 Å². The van der Waals surface area contributed by atoms with Gasteiger partial charge in [-0.25, -0.2) is 4.98 Å². The van der Waals surface area contributed by atoms with Crippen molar-refractivity contribution in [1.29, 1.82) is 0 Å². The molecule has 1 fully saturated rings. The molecule has 3 aromatic rings. The highest BCUT2D eigenvalue weighted by Crippen LogP contribution is 2.31. The highest BCUT2D eigenvalue weighted by Gasteiger charge is 2.23. The summed E-state index contributed by atoms with van der Waals surface area (Å²) < 4.78 is 12.3. The molecule has 1 aromatic heterocycles. The van der Waals surface area contributed by atoms with Crippen LogP contribution in [0.15, 0.2) is 52.4 Å². The first-order chi connectivity index (χ1) is 16.0. The van der Waals surface area contributed by atoms with Crippen molar-refractivity contribution in [3.63, 3.8) is 0 Å². The number of rotatable bonds is 7. The highest BCUT2D eigenvalue weighted by atomic mass is 32.2. The van der Waals surface area contributed by atoms with E-state index in [-0.39, 0.29) is 23.3 Å². The Bertz CT molecular complexity index is 1210. The first-order valence-electron chi connectivity index (χ1n) is 11.2. The van der Waals surface area contributed by atoms with Crippen molar-refractivity contribution in [1.82, 2.24) is 14.9 Å². The number of carbonyl (C=O) groups is 1. The Labute approximate surface area is 197 Å². The zero-order valence-electron chi connectivity index (χ0n) is 19.2. The second-order valence-electron chi connectivity index (χ2n) is 8.32. The molecule has 0 spiro atoms. The average Bonchev–Trinajstić information content (AvgIpc) is 2.84. The van der Waals surface area contributed by atoms with E-state index in [0.717, 1.165) is 19.3 Å². The Hall–Kier alpha value is -3.00. The summed E-state index contributed by atoms with van der Waals surface area (Å²) >= 11 is 1.26. The molecule has 1 amide bonds. The van der Waals surface area contributed by atoms with Gasteiger partial charge in [-0.15, -0.1) is 0 Å². The van der Waals surface area contributed by atoms with E-state index < -0.39 is 0 Å². The first kappa shape index (κ1) is 23.2. The molecule has 8 heteroatoms. The lowest BCUT2D eigenvalue weighted by Gasteiger charge is -2.29. The molecule has 0 aliphatic heterocycles. The summed E-state index contributed by atoms with van der Waals surface area (Å²) in [6, 6.07) is 12.7. The van der Waals surface area contributed by atoms with E-state index in [1.165, 1.54) is 22.7 Å². The third-order valence-corrected chi connectivity index (χ3v) is 7.10. The van der Waals surface area contributed by atoms with Crippen LogP contribution >= 0.6 is 11.8 Å². The van der Waals surface area contributed by atoms with E-state index in [9.17, 15) is 9.59 Å². The molecule has 4 rings (SSSR count). The number of methoxy groups -OCH3 is 2. The zero-order chi connectivity index (χ0) is 23.4. The molecule has 2 atom stereocenters. The third kappa shape index (κ3) is 5.00. The Morgan fingerprint density at radius 2 is 1.88 bits per heavy atom. The minimum Gasteiger partial charge on any atom is -0.493 e. The summed E-state index contributed by atoms with van der Waals surface area (Å²) in [5.41, 5.74) is 0.999. The molecule has 1 N–H and O–H groups in total. The summed E-state index contributed by atoms with van der Waals surface area (Å²) in [6.45, 7) is 2.19. The zero-order valence-corrected chi connectivity index (χ0v) is 20.0. The molecule has 1 saturated carbocycles. The molecule has 0 radical (unpaired) electrons. The molecule has 2 aromatic carbocycles. The Morgan fingerprint density at radius 1 is 1.12 bits per heavy atom. The van der Waals surface area contributed by atoms with E-state index in [1.54, 1.807) is 38.5 Å². The fourth-order valence-corrected chi connectivity index (χ4v) is 5.13. The first-order valence-corrected chi connectivity index (χ1v) is 12.2. The standard InChI is InChI=1S/C25H29N3O4S/c1-16-8-4-6-10-19(16)26-23(29)15-33-25-27-20-11-7-5-9-18(20)24(30)28(25)17-12-13-21(31-2)22(14-17)32-3/h5,7,9,11-14,16,19H,4,6,8,10,15H2,1-3H3,(H,26,29). The van der Waals surface area contributed by atoms with Crippen molar-refractivity contribution in [2.45, 2.75) is 43.8 Å². The van der Waals surface area contributed by atoms with Crippen LogP contribution in [0.5, 0.6) is 11.5 Å². The largest absolute Gasteiger partial charge is 0.493 e. The van der Waals surface area contributed by atoms with E-state index >= 15 is 0 Å². The normalized spacial score (nSPS) is 18.2. The number of hydrogen-bond acceptors (Lipinski definition) is 6. The van der Waals surface area contributed by atoms with Gasteiger partial charge >= 0.3 is 0 Å². The monoisotopic (exact) mass is 467 g/mol. The Kier molecular flexibility index (Phi) is 7.23. The lowest BCUT2D eigenvalue weighted by atomic mass is 9.86. The van der Waals surface area contributed by atoms with Crippen molar-refractivity contribution >= 4 is 28.6 Å². The molecule has 7 nitrogen and oxygen atoms in total. The van der Waals surface area contributed by atoms with E-state index in [2.05, 4.69) is 12.2 Å². The molecule has 2 unspecified atom stereocenters. The number of ether oxygens (including phenoxy) is 2. The predicted octanol–water partition coefficient (Wildman–Crippen LogP) is 4.19. The maximum absolute atomic E-state index is 13.4. The van der Waals surface area contributed by atoms with Gasteiger partial charge in [0.2, 0.25) is 5.91 Å². The van der Waals surface area contributed by atoms with Crippen molar-refractivity contribution in [2.75, 3.05) is 20.0 Å². The van der Waals surface area contributed by atoms with Gasteiger partial charge in [-0.2, -0.15) is 0 Å². The van der Waals surface area contributed by atoms with Crippen molar-refractivity contribution < 1.29 is 14.3 Å². The smallest absolute Gasteiger partial charge is 0.266 e. The van der Waals surface area contributed by atoms with Crippen LogP contribution in [0.1, 0.15) is 32.6 Å². The van der Waals surface area contributed by atoms with Gasteiger partial charge in [-0.1, -0.05) is 43.7 Å². The van der Waals surface area contributed by atoms with Crippen LogP contribution in [-0.2, 0) is 4.79 Å². The Morgan fingerprint density at radius 3 is 2.64 bits per heavy atom. The number of hydrogen-bond donors (Lipinski definition) is 1. The van der Waals surface area contributed by atoms with Gasteiger partial charge in [0.1, 0.15) is 0 Å². The molecule has 1 aliphatic carbocycles. The minimum absolute atomic E-state index is 0.0416. The van der Waals surface area contributed by atoms with Crippen molar-refractivity contribution in [3.8, 4) is 17.2 Å². The fourth-order valence-electron chi connectivity index (χ4n) is 4.31. The number of para-hydroxylation sites is 1. The maximum Gasteiger partial charge on any atom is 0.266 e. The van der Waals surface area contributed by atoms with Gasteiger partial charge < -0.3 is 14.8 Å². The van der Waals surface area contributed by atoms with E-state index in [0.29, 0.717) is 39.2 Å². The summed E-state index contributed by atoms with van der Waals surface area (Å²) in [5.74, 6) is 1.70. The summed E-state index contributed by atoms with van der Waals surface area (Å²) in [5, 5.41) is 4.14. The average molecular weight is 468 g/mol. The molecule has 1 heterocycles. The summed E-state index contributed by atoms with van der Waals surface area (Å²) in [4.78, 5) is 30.9. The van der Waals surface area contributed by atoms with Crippen LogP contribution in [0.25, 0.3) is 16.6 Å². The lowest BCUT2D eigenvalue weighted by Crippen LogP contribution is -2.41. The second kappa shape index (κ2) is 10.3. The fraction of sp³-hybridized carbons (Fsp3) is 0.400. The van der Waals surface area contributed by atoms with Crippen LogP contribution in [0.2, 0.25) is 0 Å². The van der Waals surface area contributed by atoms with Crippen molar-refractivity contribution in [2.24, 2.45) is 5.92 Å². The van der Waals surface area contributed by atoms with Gasteiger partial charge in [0.05, 0.1) is 36.6 Å². The van der Waals surface area contributed by atoms with Gasteiger partial charge in [0.25, 0.3) is 5.56 Å². The van der Waals surface area contributed by atoms with Gasteiger partial charge in [0, 0.05) is 12.1 Å². The quantitative estimate of drug-likeness (QED) is 0.414. The molecule has 0 bridgehead atoms. The van der Waals surface area contributed by atoms with Crippen molar-refractivity contribution in [3.05, 3.63) is 52.8 Å². The number of nitrogens with one attached hydrogen (secondary N) is 1.